The standard InChI is InChI=1S/C13H14N2O2S/c1-8-5-12(18-7-13(16)17-2)10-6-9(14)3-4-11(10)15-8/h3-6H,7,14H2,1-2H3. The predicted molar refractivity (Wildman–Crippen MR) is 73.6 cm³/mol. The van der Waals surface area contributed by atoms with E-state index in [0.717, 1.165) is 21.5 Å². The van der Waals surface area contributed by atoms with E-state index in [1.54, 1.807) is 0 Å². The van der Waals surface area contributed by atoms with Crippen LogP contribution in [0.3, 0.4) is 0 Å². The number of carbonyl (C=O) groups excluding carboxylic acids is 1. The molecule has 1 aromatic carbocycles. The van der Waals surface area contributed by atoms with Gasteiger partial charge >= 0.3 is 5.97 Å². The summed E-state index contributed by atoms with van der Waals surface area (Å²) in [4.78, 5) is 16.6. The summed E-state index contributed by atoms with van der Waals surface area (Å²) in [6.45, 7) is 1.93. The number of thioether (sulfide) groups is 1. The molecule has 2 rings (SSSR count). The highest BCUT2D eigenvalue weighted by atomic mass is 32.2. The van der Waals surface area contributed by atoms with Crippen LogP contribution in [0.4, 0.5) is 5.69 Å². The van der Waals surface area contributed by atoms with Gasteiger partial charge in [-0.05, 0) is 31.2 Å². The molecule has 94 valence electrons. The number of nitrogens with two attached hydrogens (primary N) is 1. The first kappa shape index (κ1) is 12.7. The smallest absolute Gasteiger partial charge is 0.315 e. The molecule has 0 unspecified atom stereocenters. The van der Waals surface area contributed by atoms with Crippen LogP contribution in [0.15, 0.2) is 29.2 Å². The Morgan fingerprint density at radius 1 is 1.44 bits per heavy atom. The van der Waals surface area contributed by atoms with Gasteiger partial charge in [-0.2, -0.15) is 0 Å². The summed E-state index contributed by atoms with van der Waals surface area (Å²) in [6.07, 6.45) is 0. The summed E-state index contributed by atoms with van der Waals surface area (Å²) in [5.74, 6) is 0.0376. The number of rotatable bonds is 3. The van der Waals surface area contributed by atoms with Gasteiger partial charge in [0.2, 0.25) is 0 Å². The summed E-state index contributed by atoms with van der Waals surface area (Å²) in [6, 6.07) is 7.54. The van der Waals surface area contributed by atoms with E-state index in [2.05, 4.69) is 9.72 Å². The average molecular weight is 262 g/mol. The summed E-state index contributed by atoms with van der Waals surface area (Å²) >= 11 is 1.44. The van der Waals surface area contributed by atoms with E-state index in [-0.39, 0.29) is 11.7 Å². The predicted octanol–water partition coefficient (Wildman–Crippen LogP) is 2.39. The van der Waals surface area contributed by atoms with Gasteiger partial charge in [-0.15, -0.1) is 11.8 Å². The molecule has 4 nitrogen and oxygen atoms in total. The highest BCUT2D eigenvalue weighted by molar-refractivity contribution is 8.00. The number of anilines is 1. The van der Waals surface area contributed by atoms with Crippen molar-refractivity contribution in [1.82, 2.24) is 4.98 Å². The van der Waals surface area contributed by atoms with Gasteiger partial charge in [0, 0.05) is 21.7 Å². The molecule has 0 spiro atoms. The number of fused-ring (bicyclic) bond motifs is 1. The second-order valence-electron chi connectivity index (χ2n) is 3.90. The molecular formula is C13H14N2O2S. The third-order valence-corrected chi connectivity index (χ3v) is 3.52. The lowest BCUT2D eigenvalue weighted by Gasteiger charge is -2.07. The van der Waals surface area contributed by atoms with Crippen molar-refractivity contribution in [2.45, 2.75) is 11.8 Å². The number of ether oxygens (including phenoxy) is 1. The number of esters is 1. The quantitative estimate of drug-likeness (QED) is 0.522. The van der Waals surface area contributed by atoms with Crippen LogP contribution in [-0.2, 0) is 9.53 Å². The molecule has 0 aliphatic rings. The van der Waals surface area contributed by atoms with Gasteiger partial charge in [-0.1, -0.05) is 0 Å². The molecule has 18 heavy (non-hydrogen) atoms. The number of hydrogen-bond donors (Lipinski definition) is 1. The van der Waals surface area contributed by atoms with Crippen molar-refractivity contribution in [3.63, 3.8) is 0 Å². The lowest BCUT2D eigenvalue weighted by molar-refractivity contribution is -0.137. The fraction of sp³-hybridized carbons (Fsp3) is 0.231. The number of aromatic nitrogens is 1. The Kier molecular flexibility index (Phi) is 3.72. The van der Waals surface area contributed by atoms with E-state index >= 15 is 0 Å². The molecule has 0 aliphatic heterocycles. The summed E-state index contributed by atoms with van der Waals surface area (Å²) in [5.41, 5.74) is 8.27. The zero-order chi connectivity index (χ0) is 13.1. The topological polar surface area (TPSA) is 65.2 Å². The Morgan fingerprint density at radius 2 is 2.22 bits per heavy atom. The van der Waals surface area contributed by atoms with Gasteiger partial charge in [0.25, 0.3) is 0 Å². The van der Waals surface area contributed by atoms with Crippen LogP contribution < -0.4 is 5.73 Å². The van der Waals surface area contributed by atoms with Crippen molar-refractivity contribution in [3.05, 3.63) is 30.0 Å². The fourth-order valence-electron chi connectivity index (χ4n) is 1.65. The van der Waals surface area contributed by atoms with E-state index in [9.17, 15) is 4.79 Å². The minimum atomic E-state index is -0.244. The first-order chi connectivity index (χ1) is 8.60. The van der Waals surface area contributed by atoms with Crippen LogP contribution in [0, 0.1) is 6.92 Å². The highest BCUT2D eigenvalue weighted by Crippen LogP contribution is 2.29. The average Bonchev–Trinajstić information content (AvgIpc) is 2.36. The molecule has 0 atom stereocenters. The highest BCUT2D eigenvalue weighted by Gasteiger charge is 2.08. The van der Waals surface area contributed by atoms with Crippen LogP contribution in [-0.4, -0.2) is 23.8 Å². The molecular weight excluding hydrogens is 248 g/mol. The maximum atomic E-state index is 11.2. The van der Waals surface area contributed by atoms with Gasteiger partial charge in [-0.3, -0.25) is 9.78 Å². The number of pyridine rings is 1. The summed E-state index contributed by atoms with van der Waals surface area (Å²) in [7, 11) is 1.39. The Balaban J connectivity index is 2.41. The Bertz CT molecular complexity index is 599. The Morgan fingerprint density at radius 3 is 2.94 bits per heavy atom. The lowest BCUT2D eigenvalue weighted by Crippen LogP contribution is -2.03. The molecule has 1 heterocycles. The molecule has 2 aromatic rings. The van der Waals surface area contributed by atoms with Gasteiger partial charge < -0.3 is 10.5 Å². The minimum Gasteiger partial charge on any atom is -0.468 e. The molecule has 5 heteroatoms. The molecule has 1 aromatic heterocycles. The second-order valence-corrected chi connectivity index (χ2v) is 4.92. The van der Waals surface area contributed by atoms with Crippen LogP contribution in [0.5, 0.6) is 0 Å². The first-order valence-corrected chi connectivity index (χ1v) is 6.45. The number of methoxy groups -OCH3 is 1. The van der Waals surface area contributed by atoms with Crippen molar-refractivity contribution in [1.29, 1.82) is 0 Å². The van der Waals surface area contributed by atoms with Crippen molar-refractivity contribution >= 4 is 34.3 Å². The zero-order valence-electron chi connectivity index (χ0n) is 10.3. The number of hydrogen-bond acceptors (Lipinski definition) is 5. The van der Waals surface area contributed by atoms with Crippen molar-refractivity contribution in [2.75, 3.05) is 18.6 Å². The SMILES string of the molecule is COC(=O)CSc1cc(C)nc2ccc(N)cc12. The van der Waals surface area contributed by atoms with Crippen molar-refractivity contribution in [2.24, 2.45) is 0 Å². The normalized spacial score (nSPS) is 10.6. The van der Waals surface area contributed by atoms with Crippen LogP contribution in [0.2, 0.25) is 0 Å². The maximum Gasteiger partial charge on any atom is 0.315 e. The molecule has 2 N–H and O–H groups in total. The maximum absolute atomic E-state index is 11.2. The Labute approximate surface area is 110 Å². The third-order valence-electron chi connectivity index (χ3n) is 2.50. The third kappa shape index (κ3) is 2.73. The van der Waals surface area contributed by atoms with Crippen LogP contribution >= 0.6 is 11.8 Å². The fourth-order valence-corrected chi connectivity index (χ4v) is 2.62. The van der Waals surface area contributed by atoms with Crippen molar-refractivity contribution < 1.29 is 9.53 Å². The molecule has 0 fully saturated rings. The molecule has 0 bridgehead atoms. The molecule has 0 radical (unpaired) electrons. The molecule has 0 aliphatic carbocycles. The number of nitrogen functional groups attached to an aromatic ring is 1. The van der Waals surface area contributed by atoms with Gasteiger partial charge in [0.05, 0.1) is 18.4 Å². The van der Waals surface area contributed by atoms with E-state index in [4.69, 9.17) is 5.73 Å². The van der Waals surface area contributed by atoms with Crippen molar-refractivity contribution in [3.8, 4) is 0 Å². The molecule has 0 amide bonds. The molecule has 0 saturated carbocycles. The molecule has 0 saturated heterocycles. The van der Waals surface area contributed by atoms with Gasteiger partial charge in [-0.25, -0.2) is 0 Å². The van der Waals surface area contributed by atoms with E-state index in [1.165, 1.54) is 18.9 Å². The van der Waals surface area contributed by atoms with E-state index in [0.29, 0.717) is 5.69 Å². The number of carbonyl (C=O) groups is 1. The van der Waals surface area contributed by atoms with E-state index in [1.807, 2.05) is 31.2 Å². The zero-order valence-corrected chi connectivity index (χ0v) is 11.1. The second kappa shape index (κ2) is 5.27. The van der Waals surface area contributed by atoms with Gasteiger partial charge in [0.15, 0.2) is 0 Å². The minimum absolute atomic E-state index is 0.244. The summed E-state index contributed by atoms with van der Waals surface area (Å²) in [5, 5.41) is 0.967. The first-order valence-electron chi connectivity index (χ1n) is 5.46. The monoisotopic (exact) mass is 262 g/mol. The summed E-state index contributed by atoms with van der Waals surface area (Å²) < 4.78 is 4.64. The van der Waals surface area contributed by atoms with Crippen LogP contribution in [0.1, 0.15) is 5.69 Å². The van der Waals surface area contributed by atoms with Gasteiger partial charge in [0.1, 0.15) is 0 Å². The number of benzene rings is 1. The van der Waals surface area contributed by atoms with Crippen LogP contribution in [0.25, 0.3) is 10.9 Å². The lowest BCUT2D eigenvalue weighted by atomic mass is 10.2. The number of nitrogens with zero attached hydrogens (tertiary/aromatic N) is 1. The van der Waals surface area contributed by atoms with E-state index < -0.39 is 0 Å². The Hall–Kier alpha value is -1.75. The largest absolute Gasteiger partial charge is 0.468 e. The number of aryl methyl sites for hydroxylation is 1.